The van der Waals surface area contributed by atoms with E-state index in [0.717, 1.165) is 25.1 Å². The maximum absolute atomic E-state index is 15.1. The molecule has 0 radical (unpaired) electrons. The SMILES string of the molecule is CC(=O)c1cc(-c2cnc(N3CCC(O)CC3)nc2[C@@H](CC(=O)Cn2nc(C(F)(F)F)c3c2C(F)(F)CCC3(F)F)Cc2cc(F)cc(F)c2)ccc1F. The van der Waals surface area contributed by atoms with Crippen LogP contribution in [-0.4, -0.2) is 55.6 Å². The van der Waals surface area contributed by atoms with Gasteiger partial charge in [-0.3, -0.25) is 14.3 Å². The second-order valence-corrected chi connectivity index (χ2v) is 13.5. The maximum atomic E-state index is 15.1. The highest BCUT2D eigenvalue weighted by Crippen LogP contribution is 2.53. The van der Waals surface area contributed by atoms with E-state index in [0.29, 0.717) is 18.9 Å². The van der Waals surface area contributed by atoms with Gasteiger partial charge in [0.2, 0.25) is 5.95 Å². The van der Waals surface area contributed by atoms with Gasteiger partial charge < -0.3 is 10.0 Å². The molecule has 1 fully saturated rings. The molecule has 288 valence electrons. The standard InChI is InChI=1S/C36H31F10N5O3/c1-18(52)26-14-20(2-3-28(26)39)27-16-47-33(50-8-4-24(53)5-9-50)48-30(27)21(10-19-11-22(37)15-23(38)12-19)13-25(54)17-51-32-29(31(49-51)36(44,45)46)34(40,41)6-7-35(32,42)43/h2-3,11-12,14-16,21,24,53H,4-10,13,17H2,1H3/t21-/m1/s1. The average molecular weight is 772 g/mol. The van der Waals surface area contributed by atoms with Gasteiger partial charge in [0.25, 0.3) is 11.8 Å². The number of fused-ring (bicyclic) bond motifs is 1. The van der Waals surface area contributed by atoms with Crippen LogP contribution >= 0.6 is 0 Å². The number of aromatic nitrogens is 4. The first-order chi connectivity index (χ1) is 25.2. The molecule has 4 aromatic rings. The van der Waals surface area contributed by atoms with Crippen molar-refractivity contribution in [3.63, 3.8) is 0 Å². The molecule has 1 atom stereocenters. The van der Waals surface area contributed by atoms with Gasteiger partial charge >= 0.3 is 6.18 Å². The third-order valence-corrected chi connectivity index (χ3v) is 9.49. The first-order valence-corrected chi connectivity index (χ1v) is 16.8. The average Bonchev–Trinajstić information content (AvgIpc) is 3.49. The number of halogens is 10. The molecule has 1 N–H and O–H groups in total. The van der Waals surface area contributed by atoms with Gasteiger partial charge in [0.1, 0.15) is 29.7 Å². The molecule has 0 saturated carbocycles. The molecular weight excluding hydrogens is 740 g/mol. The zero-order valence-electron chi connectivity index (χ0n) is 28.3. The number of aliphatic hydroxyl groups is 1. The van der Waals surface area contributed by atoms with Gasteiger partial charge in [-0.25, -0.2) is 31.9 Å². The topological polar surface area (TPSA) is 101 Å². The number of benzene rings is 2. The van der Waals surface area contributed by atoms with E-state index >= 15 is 8.78 Å². The summed E-state index contributed by atoms with van der Waals surface area (Å²) in [4.78, 5) is 36.8. The van der Waals surface area contributed by atoms with Crippen LogP contribution in [0.25, 0.3) is 11.1 Å². The zero-order valence-corrected chi connectivity index (χ0v) is 28.3. The fraction of sp³-hybridized carbons (Fsp3) is 0.417. The fourth-order valence-electron chi connectivity index (χ4n) is 6.94. The molecule has 0 unspecified atom stereocenters. The Morgan fingerprint density at radius 3 is 2.24 bits per heavy atom. The van der Waals surface area contributed by atoms with Crippen molar-refractivity contribution in [2.75, 3.05) is 18.0 Å². The molecule has 2 aliphatic rings. The molecule has 2 aromatic carbocycles. The van der Waals surface area contributed by atoms with Gasteiger partial charge in [-0.2, -0.15) is 27.1 Å². The van der Waals surface area contributed by atoms with Gasteiger partial charge in [0.05, 0.1) is 22.9 Å². The van der Waals surface area contributed by atoms with E-state index in [2.05, 4.69) is 15.1 Å². The number of piperidine rings is 1. The highest BCUT2D eigenvalue weighted by molar-refractivity contribution is 5.95. The predicted octanol–water partition coefficient (Wildman–Crippen LogP) is 7.90. The first kappa shape index (κ1) is 38.8. The summed E-state index contributed by atoms with van der Waals surface area (Å²) in [5, 5.41) is 13.1. The lowest BCUT2D eigenvalue weighted by molar-refractivity contribution is -0.149. The summed E-state index contributed by atoms with van der Waals surface area (Å²) in [6.45, 7) is 0.369. The van der Waals surface area contributed by atoms with E-state index in [9.17, 15) is 49.8 Å². The molecule has 54 heavy (non-hydrogen) atoms. The summed E-state index contributed by atoms with van der Waals surface area (Å²) in [6.07, 6.45) is -8.47. The molecule has 6 rings (SSSR count). The Kier molecular flexibility index (Phi) is 10.4. The molecule has 0 spiro atoms. The van der Waals surface area contributed by atoms with Crippen LogP contribution in [0.5, 0.6) is 0 Å². The number of rotatable bonds is 10. The minimum atomic E-state index is -5.58. The molecule has 18 heteroatoms. The molecule has 0 bridgehead atoms. The van der Waals surface area contributed by atoms with Crippen molar-refractivity contribution in [2.24, 2.45) is 0 Å². The van der Waals surface area contributed by atoms with Crippen LogP contribution in [0.15, 0.2) is 42.6 Å². The lowest BCUT2D eigenvalue weighted by Gasteiger charge is -2.31. The molecule has 1 aliphatic carbocycles. The van der Waals surface area contributed by atoms with Crippen LogP contribution in [0, 0.1) is 17.5 Å². The van der Waals surface area contributed by atoms with Crippen LogP contribution in [0.2, 0.25) is 0 Å². The Morgan fingerprint density at radius 1 is 0.963 bits per heavy atom. The number of carbonyl (C=O) groups is 2. The predicted molar refractivity (Wildman–Crippen MR) is 172 cm³/mol. The normalized spacial score (nSPS) is 17.7. The number of ketones is 2. The highest BCUT2D eigenvalue weighted by Gasteiger charge is 2.57. The Labute approximate surface area is 300 Å². The quantitative estimate of drug-likeness (QED) is 0.129. The summed E-state index contributed by atoms with van der Waals surface area (Å²) in [5.74, 6) is -14.3. The van der Waals surface area contributed by atoms with Crippen molar-refractivity contribution in [3.8, 4) is 11.1 Å². The van der Waals surface area contributed by atoms with Crippen LogP contribution in [0.3, 0.4) is 0 Å². The van der Waals surface area contributed by atoms with Crippen molar-refractivity contribution in [1.82, 2.24) is 19.7 Å². The number of hydrogen-bond donors (Lipinski definition) is 1. The van der Waals surface area contributed by atoms with E-state index in [-0.39, 0.29) is 58.1 Å². The Bertz CT molecular complexity index is 2070. The van der Waals surface area contributed by atoms with Crippen molar-refractivity contribution >= 4 is 17.5 Å². The maximum Gasteiger partial charge on any atom is 0.435 e. The number of Topliss-reactive ketones (excluding diaryl/α,β-unsaturated/α-hetero) is 2. The number of hydrogen-bond acceptors (Lipinski definition) is 7. The molecule has 0 amide bonds. The number of aliphatic hydroxyl groups excluding tert-OH is 1. The van der Waals surface area contributed by atoms with Crippen molar-refractivity contribution < 1.29 is 58.6 Å². The second-order valence-electron chi connectivity index (χ2n) is 13.5. The highest BCUT2D eigenvalue weighted by atomic mass is 19.4. The third-order valence-electron chi connectivity index (χ3n) is 9.49. The summed E-state index contributed by atoms with van der Waals surface area (Å²) >= 11 is 0. The fourth-order valence-corrected chi connectivity index (χ4v) is 6.94. The molecular formula is C36H31F10N5O3. The summed E-state index contributed by atoms with van der Waals surface area (Å²) in [6, 6.07) is 5.93. The molecule has 8 nitrogen and oxygen atoms in total. The van der Waals surface area contributed by atoms with Crippen molar-refractivity contribution in [3.05, 3.63) is 93.8 Å². The summed E-state index contributed by atoms with van der Waals surface area (Å²) < 4.78 is 145. The number of carbonyl (C=O) groups excluding carboxylic acids is 2. The van der Waals surface area contributed by atoms with E-state index in [1.165, 1.54) is 18.3 Å². The van der Waals surface area contributed by atoms with Gasteiger partial charge in [-0.05, 0) is 61.6 Å². The van der Waals surface area contributed by atoms with Crippen LogP contribution < -0.4 is 4.90 Å². The largest absolute Gasteiger partial charge is 0.435 e. The van der Waals surface area contributed by atoms with Gasteiger partial charge in [0, 0.05) is 56.1 Å². The third kappa shape index (κ3) is 7.98. The second kappa shape index (κ2) is 14.4. The lowest BCUT2D eigenvalue weighted by Crippen LogP contribution is -2.37. The van der Waals surface area contributed by atoms with Gasteiger partial charge in [-0.15, -0.1) is 0 Å². The van der Waals surface area contributed by atoms with E-state index in [1.807, 2.05) is 0 Å². The lowest BCUT2D eigenvalue weighted by atomic mass is 9.86. The first-order valence-electron chi connectivity index (χ1n) is 16.8. The Balaban J connectivity index is 1.48. The Hall–Kier alpha value is -4.87. The van der Waals surface area contributed by atoms with E-state index in [1.54, 1.807) is 4.90 Å². The van der Waals surface area contributed by atoms with Crippen LogP contribution in [-0.2, 0) is 35.8 Å². The minimum Gasteiger partial charge on any atom is -0.393 e. The molecule has 1 saturated heterocycles. The molecule has 2 aromatic heterocycles. The molecule has 3 heterocycles. The van der Waals surface area contributed by atoms with Gasteiger partial charge in [0.15, 0.2) is 17.3 Å². The molecule has 1 aliphatic heterocycles. The Morgan fingerprint density at radius 2 is 1.61 bits per heavy atom. The van der Waals surface area contributed by atoms with Crippen LogP contribution in [0.4, 0.5) is 49.9 Å². The monoisotopic (exact) mass is 771 g/mol. The minimum absolute atomic E-state index is 0.0133. The van der Waals surface area contributed by atoms with Gasteiger partial charge in [-0.1, -0.05) is 6.07 Å². The summed E-state index contributed by atoms with van der Waals surface area (Å²) in [7, 11) is 0. The van der Waals surface area contributed by atoms with Crippen LogP contribution in [0.1, 0.15) is 83.5 Å². The zero-order chi connectivity index (χ0) is 39.3. The number of alkyl halides is 7. The van der Waals surface area contributed by atoms with Crippen molar-refractivity contribution in [1.29, 1.82) is 0 Å². The van der Waals surface area contributed by atoms with E-state index in [4.69, 9.17) is 0 Å². The smallest absolute Gasteiger partial charge is 0.393 e. The number of nitrogens with zero attached hydrogens (tertiary/aromatic N) is 5. The van der Waals surface area contributed by atoms with E-state index < -0.39 is 102 Å². The van der Waals surface area contributed by atoms with Crippen molar-refractivity contribution in [2.45, 2.75) is 82.0 Å². The number of anilines is 1. The summed E-state index contributed by atoms with van der Waals surface area (Å²) in [5.41, 5.74) is -6.11.